The van der Waals surface area contributed by atoms with Crippen molar-refractivity contribution >= 4 is 16.9 Å². The molecular weight excluding hydrogens is 468 g/mol. The standard InChI is InChI=1S/C25H27F2N7O2/c1-28-13-22(35)20-10-19-21(12-29-20)31-24(15-11-30-33(2)14-15)25(32-19)34-7-5-17(6-8-34)36-23-4-3-16(26)9-18(23)27/h3-4,9-12,14,17,22,28,35H,5-8,13H2,1-2H3. The van der Waals surface area contributed by atoms with E-state index in [0.29, 0.717) is 60.7 Å². The Hall–Kier alpha value is -3.70. The third kappa shape index (κ3) is 4.98. The monoisotopic (exact) mass is 495 g/mol. The summed E-state index contributed by atoms with van der Waals surface area (Å²) >= 11 is 0. The van der Waals surface area contributed by atoms with E-state index in [0.717, 1.165) is 11.6 Å². The van der Waals surface area contributed by atoms with Crippen LogP contribution in [0.4, 0.5) is 14.6 Å². The van der Waals surface area contributed by atoms with Crippen LogP contribution in [0.15, 0.2) is 42.9 Å². The van der Waals surface area contributed by atoms with Crippen molar-refractivity contribution < 1.29 is 18.6 Å². The predicted octanol–water partition coefficient (Wildman–Crippen LogP) is 3.00. The van der Waals surface area contributed by atoms with E-state index in [-0.39, 0.29) is 11.9 Å². The van der Waals surface area contributed by atoms with E-state index in [9.17, 15) is 13.9 Å². The Morgan fingerprint density at radius 3 is 2.64 bits per heavy atom. The Morgan fingerprint density at radius 2 is 1.94 bits per heavy atom. The van der Waals surface area contributed by atoms with E-state index in [2.05, 4.69) is 20.3 Å². The fraction of sp³-hybridized carbons (Fsp3) is 0.360. The molecule has 188 valence electrons. The van der Waals surface area contributed by atoms with Gasteiger partial charge in [0.15, 0.2) is 17.4 Å². The third-order valence-electron chi connectivity index (χ3n) is 6.20. The SMILES string of the molecule is CNCC(O)c1cc2nc(N3CCC(Oc4ccc(F)cc4F)CC3)c(-c3cnn(C)c3)nc2cn1. The van der Waals surface area contributed by atoms with Gasteiger partial charge in [0.2, 0.25) is 0 Å². The summed E-state index contributed by atoms with van der Waals surface area (Å²) in [4.78, 5) is 16.3. The zero-order valence-electron chi connectivity index (χ0n) is 20.0. The van der Waals surface area contributed by atoms with Crippen molar-refractivity contribution in [1.29, 1.82) is 0 Å². The van der Waals surface area contributed by atoms with Gasteiger partial charge in [0.25, 0.3) is 0 Å². The summed E-state index contributed by atoms with van der Waals surface area (Å²) in [5, 5.41) is 17.6. The molecule has 1 aromatic carbocycles. The second-order valence-electron chi connectivity index (χ2n) is 8.85. The van der Waals surface area contributed by atoms with Gasteiger partial charge in [0, 0.05) is 57.4 Å². The Kier molecular flexibility index (Phi) is 6.75. The summed E-state index contributed by atoms with van der Waals surface area (Å²) in [7, 11) is 3.60. The number of piperidine rings is 1. The number of aryl methyl sites for hydroxylation is 1. The number of anilines is 1. The lowest BCUT2D eigenvalue weighted by Gasteiger charge is -2.33. The third-order valence-corrected chi connectivity index (χ3v) is 6.20. The molecule has 1 aliphatic heterocycles. The first-order valence-electron chi connectivity index (χ1n) is 11.8. The van der Waals surface area contributed by atoms with Crippen molar-refractivity contribution in [3.63, 3.8) is 0 Å². The molecule has 3 aromatic heterocycles. The van der Waals surface area contributed by atoms with Gasteiger partial charge < -0.3 is 20.1 Å². The number of benzene rings is 1. The lowest BCUT2D eigenvalue weighted by Crippen LogP contribution is -2.39. The minimum Gasteiger partial charge on any atom is -0.487 e. The number of fused-ring (bicyclic) bond motifs is 1. The number of aliphatic hydroxyl groups excluding tert-OH is 1. The molecule has 0 amide bonds. The second-order valence-corrected chi connectivity index (χ2v) is 8.85. The van der Waals surface area contributed by atoms with Gasteiger partial charge in [-0.25, -0.2) is 18.7 Å². The van der Waals surface area contributed by atoms with Crippen LogP contribution < -0.4 is 15.0 Å². The molecule has 1 unspecified atom stereocenters. The van der Waals surface area contributed by atoms with Crippen LogP contribution in [0, 0.1) is 11.6 Å². The van der Waals surface area contributed by atoms with E-state index in [4.69, 9.17) is 14.7 Å². The smallest absolute Gasteiger partial charge is 0.167 e. The van der Waals surface area contributed by atoms with Crippen molar-refractivity contribution in [2.45, 2.75) is 25.0 Å². The van der Waals surface area contributed by atoms with Gasteiger partial charge in [0.1, 0.15) is 29.2 Å². The van der Waals surface area contributed by atoms with Gasteiger partial charge in [-0.1, -0.05) is 0 Å². The molecule has 0 aliphatic carbocycles. The number of aromatic nitrogens is 5. The molecule has 0 saturated carbocycles. The first-order chi connectivity index (χ1) is 17.4. The zero-order valence-corrected chi connectivity index (χ0v) is 20.0. The molecule has 0 spiro atoms. The number of halogens is 2. The highest BCUT2D eigenvalue weighted by Gasteiger charge is 2.26. The zero-order chi connectivity index (χ0) is 25.2. The maximum Gasteiger partial charge on any atom is 0.167 e. The molecule has 1 fully saturated rings. The average molecular weight is 496 g/mol. The number of likely N-dealkylation sites (N-methyl/N-ethyl adjacent to an activating group) is 1. The van der Waals surface area contributed by atoms with Gasteiger partial charge in [-0.3, -0.25) is 9.67 Å². The predicted molar refractivity (Wildman–Crippen MR) is 131 cm³/mol. The number of ether oxygens (including phenoxy) is 1. The average Bonchev–Trinajstić information content (AvgIpc) is 3.31. The molecule has 11 heteroatoms. The van der Waals surface area contributed by atoms with Crippen molar-refractivity contribution in [3.8, 4) is 17.0 Å². The highest BCUT2D eigenvalue weighted by molar-refractivity contribution is 5.83. The van der Waals surface area contributed by atoms with E-state index in [1.54, 1.807) is 30.2 Å². The van der Waals surface area contributed by atoms with Gasteiger partial charge in [0.05, 0.1) is 23.6 Å². The van der Waals surface area contributed by atoms with Crippen molar-refractivity contribution in [2.24, 2.45) is 7.05 Å². The molecule has 4 aromatic rings. The fourth-order valence-corrected chi connectivity index (χ4v) is 4.34. The summed E-state index contributed by atoms with van der Waals surface area (Å²) < 4.78 is 34.8. The molecule has 9 nitrogen and oxygen atoms in total. The van der Waals surface area contributed by atoms with Crippen LogP contribution in [0.5, 0.6) is 5.75 Å². The molecular formula is C25H27F2N7O2. The summed E-state index contributed by atoms with van der Waals surface area (Å²) in [5.74, 6) is -0.593. The minimum atomic E-state index is -0.762. The van der Waals surface area contributed by atoms with Crippen molar-refractivity contribution in [1.82, 2.24) is 30.0 Å². The largest absolute Gasteiger partial charge is 0.487 e. The topological polar surface area (TPSA) is 101 Å². The quantitative estimate of drug-likeness (QED) is 0.404. The number of aliphatic hydroxyl groups is 1. The van der Waals surface area contributed by atoms with Crippen LogP contribution in [0.2, 0.25) is 0 Å². The van der Waals surface area contributed by atoms with Crippen LogP contribution in [0.1, 0.15) is 24.6 Å². The van der Waals surface area contributed by atoms with Crippen molar-refractivity contribution in [2.75, 3.05) is 31.6 Å². The lowest BCUT2D eigenvalue weighted by molar-refractivity contribution is 0.163. The molecule has 0 bridgehead atoms. The maximum absolute atomic E-state index is 14.0. The van der Waals surface area contributed by atoms with Gasteiger partial charge in [-0.15, -0.1) is 0 Å². The number of hydrogen-bond donors (Lipinski definition) is 2. The van der Waals surface area contributed by atoms with Crippen LogP contribution in [-0.4, -0.2) is 62.6 Å². The summed E-state index contributed by atoms with van der Waals surface area (Å²) in [6.45, 7) is 1.59. The number of nitrogens with one attached hydrogen (secondary N) is 1. The van der Waals surface area contributed by atoms with Crippen molar-refractivity contribution in [3.05, 3.63) is 60.2 Å². The molecule has 5 rings (SSSR count). The number of rotatable bonds is 7. The molecule has 4 heterocycles. The summed E-state index contributed by atoms with van der Waals surface area (Å²) in [6.07, 6.45) is 5.54. The van der Waals surface area contributed by atoms with Gasteiger partial charge >= 0.3 is 0 Å². The summed E-state index contributed by atoms with van der Waals surface area (Å²) in [6, 6.07) is 5.09. The van der Waals surface area contributed by atoms with E-state index >= 15 is 0 Å². The number of hydrogen-bond acceptors (Lipinski definition) is 8. The van der Waals surface area contributed by atoms with E-state index in [1.807, 2.05) is 13.2 Å². The first-order valence-corrected chi connectivity index (χ1v) is 11.8. The Morgan fingerprint density at radius 1 is 1.14 bits per heavy atom. The van der Waals surface area contributed by atoms with E-state index in [1.165, 1.54) is 12.1 Å². The molecule has 0 radical (unpaired) electrons. The van der Waals surface area contributed by atoms with Gasteiger partial charge in [-0.2, -0.15) is 5.10 Å². The Labute approximate surface area is 206 Å². The van der Waals surface area contributed by atoms with E-state index < -0.39 is 17.7 Å². The minimum absolute atomic E-state index is 0.0524. The molecule has 1 aliphatic rings. The van der Waals surface area contributed by atoms with Crippen LogP contribution in [0.3, 0.4) is 0 Å². The second kappa shape index (κ2) is 10.1. The Balaban J connectivity index is 1.43. The lowest BCUT2D eigenvalue weighted by atomic mass is 10.1. The number of pyridine rings is 1. The number of nitrogens with zero attached hydrogens (tertiary/aromatic N) is 6. The molecule has 1 saturated heterocycles. The Bertz CT molecular complexity index is 1370. The van der Waals surface area contributed by atoms with Crippen LogP contribution >= 0.6 is 0 Å². The molecule has 1 atom stereocenters. The van der Waals surface area contributed by atoms with Crippen LogP contribution in [-0.2, 0) is 7.05 Å². The maximum atomic E-state index is 14.0. The first kappa shape index (κ1) is 24.0. The fourth-order valence-electron chi connectivity index (χ4n) is 4.34. The summed E-state index contributed by atoms with van der Waals surface area (Å²) in [5.41, 5.74) is 3.27. The normalized spacial score (nSPS) is 15.4. The molecule has 36 heavy (non-hydrogen) atoms. The highest BCUT2D eigenvalue weighted by atomic mass is 19.1. The highest BCUT2D eigenvalue weighted by Crippen LogP contribution is 2.32. The van der Waals surface area contributed by atoms with Crippen LogP contribution in [0.25, 0.3) is 22.3 Å². The van der Waals surface area contributed by atoms with Gasteiger partial charge in [-0.05, 0) is 25.2 Å². The molecule has 2 N–H and O–H groups in total.